The van der Waals surface area contributed by atoms with Gasteiger partial charge in [0.15, 0.2) is 0 Å². The zero-order valence-corrected chi connectivity index (χ0v) is 9.97. The van der Waals surface area contributed by atoms with Crippen LogP contribution in [0.4, 0.5) is 0 Å². The molecule has 2 rings (SSSR count). The van der Waals surface area contributed by atoms with E-state index in [9.17, 15) is 5.11 Å². The van der Waals surface area contributed by atoms with Crippen LogP contribution in [0.1, 0.15) is 23.7 Å². The molecule has 0 amide bonds. The molecule has 0 aromatic heterocycles. The maximum Gasteiger partial charge on any atom is 0.0830 e. The summed E-state index contributed by atoms with van der Waals surface area (Å²) in [5.41, 5.74) is 2.09. The lowest BCUT2D eigenvalue weighted by Gasteiger charge is -2.17. The molecule has 1 N–H and O–H groups in total. The third kappa shape index (κ3) is 1.73. The lowest BCUT2D eigenvalue weighted by Crippen LogP contribution is -2.02. The number of aliphatic hydroxyl groups is 1. The Morgan fingerprint density at radius 3 is 2.69 bits per heavy atom. The van der Waals surface area contributed by atoms with Gasteiger partial charge in [0.1, 0.15) is 0 Å². The Morgan fingerprint density at radius 2 is 1.92 bits per heavy atom. The molecule has 1 atom stereocenters. The lowest BCUT2D eigenvalue weighted by atomic mass is 9.95. The molecule has 0 saturated carbocycles. The molecule has 0 unspecified atom stereocenters. The number of aliphatic hydroxyl groups excluding tert-OH is 1. The van der Waals surface area contributed by atoms with E-state index in [1.807, 2.05) is 24.3 Å². The molecule has 1 nitrogen and oxygen atoms in total. The van der Waals surface area contributed by atoms with Gasteiger partial charge in [-0.2, -0.15) is 0 Å². The second-order valence-corrected chi connectivity index (χ2v) is 4.76. The molecule has 1 aliphatic carbocycles. The van der Waals surface area contributed by atoms with E-state index in [1.165, 1.54) is 0 Å². The van der Waals surface area contributed by atoms with E-state index < -0.39 is 0 Å². The Hall–Kier alpha value is -0.120. The standard InChI is InChI=1S/C10H8Br2O/c11-8-4-6-2-1-3-10(13)7(6)5-9(8)12/h1-2,4-5,10,13H,3H2/t10-/m0/s1. The van der Waals surface area contributed by atoms with Crippen molar-refractivity contribution in [3.63, 3.8) is 0 Å². The molecular weight excluding hydrogens is 296 g/mol. The molecular formula is C10H8Br2O. The summed E-state index contributed by atoms with van der Waals surface area (Å²) in [5, 5.41) is 9.69. The van der Waals surface area contributed by atoms with Gasteiger partial charge < -0.3 is 5.11 Å². The maximum atomic E-state index is 9.69. The average molecular weight is 304 g/mol. The quantitative estimate of drug-likeness (QED) is 0.775. The van der Waals surface area contributed by atoms with Crippen molar-refractivity contribution in [2.24, 2.45) is 0 Å². The number of hydrogen-bond donors (Lipinski definition) is 1. The van der Waals surface area contributed by atoms with Crippen LogP contribution < -0.4 is 0 Å². The highest BCUT2D eigenvalue weighted by atomic mass is 79.9. The summed E-state index contributed by atoms with van der Waals surface area (Å²) in [5.74, 6) is 0. The van der Waals surface area contributed by atoms with Gasteiger partial charge in [-0.3, -0.25) is 0 Å². The predicted molar refractivity (Wildman–Crippen MR) is 60.5 cm³/mol. The molecule has 0 fully saturated rings. The minimum absolute atomic E-state index is 0.357. The Bertz CT molecular complexity index is 371. The zero-order chi connectivity index (χ0) is 9.42. The molecule has 68 valence electrons. The first-order valence-electron chi connectivity index (χ1n) is 4.02. The van der Waals surface area contributed by atoms with E-state index in [2.05, 4.69) is 31.9 Å². The second-order valence-electron chi connectivity index (χ2n) is 3.05. The molecule has 1 aliphatic rings. The second kappa shape index (κ2) is 3.56. The minimum Gasteiger partial charge on any atom is -0.388 e. The fourth-order valence-corrected chi connectivity index (χ4v) is 2.18. The molecule has 0 heterocycles. The fourth-order valence-electron chi connectivity index (χ4n) is 1.46. The molecule has 1 aromatic carbocycles. The average Bonchev–Trinajstić information content (AvgIpc) is 2.09. The third-order valence-electron chi connectivity index (χ3n) is 2.14. The Labute approximate surface area is 93.7 Å². The van der Waals surface area contributed by atoms with E-state index >= 15 is 0 Å². The van der Waals surface area contributed by atoms with Gasteiger partial charge in [0.25, 0.3) is 0 Å². The third-order valence-corrected chi connectivity index (χ3v) is 3.99. The van der Waals surface area contributed by atoms with Crippen LogP contribution in [0, 0.1) is 0 Å². The first kappa shape index (κ1) is 9.44. The number of hydrogen-bond acceptors (Lipinski definition) is 1. The Kier molecular flexibility index (Phi) is 2.58. The highest BCUT2D eigenvalue weighted by Crippen LogP contribution is 2.34. The number of halogens is 2. The van der Waals surface area contributed by atoms with Gasteiger partial charge in [-0.25, -0.2) is 0 Å². The van der Waals surface area contributed by atoms with Crippen LogP contribution in [0.25, 0.3) is 6.08 Å². The fraction of sp³-hybridized carbons (Fsp3) is 0.200. The molecule has 0 spiro atoms. The summed E-state index contributed by atoms with van der Waals surface area (Å²) in [6.07, 6.45) is 4.39. The van der Waals surface area contributed by atoms with Crippen molar-refractivity contribution in [1.29, 1.82) is 0 Å². The Morgan fingerprint density at radius 1 is 1.23 bits per heavy atom. The van der Waals surface area contributed by atoms with Crippen molar-refractivity contribution in [2.75, 3.05) is 0 Å². The number of rotatable bonds is 0. The molecule has 3 heteroatoms. The molecule has 13 heavy (non-hydrogen) atoms. The SMILES string of the molecule is O[C@H]1CC=Cc2cc(Br)c(Br)cc21. The molecule has 1 aromatic rings. The van der Waals surface area contributed by atoms with E-state index in [0.29, 0.717) is 6.42 Å². The van der Waals surface area contributed by atoms with E-state index in [-0.39, 0.29) is 6.10 Å². The van der Waals surface area contributed by atoms with E-state index in [4.69, 9.17) is 0 Å². The van der Waals surface area contributed by atoms with Crippen LogP contribution in [-0.2, 0) is 0 Å². The molecule has 0 bridgehead atoms. The van der Waals surface area contributed by atoms with Crippen molar-refractivity contribution in [2.45, 2.75) is 12.5 Å². The van der Waals surface area contributed by atoms with Crippen molar-refractivity contribution >= 4 is 37.9 Å². The number of fused-ring (bicyclic) bond motifs is 1. The smallest absolute Gasteiger partial charge is 0.0830 e. The van der Waals surface area contributed by atoms with E-state index in [0.717, 1.165) is 20.1 Å². The van der Waals surface area contributed by atoms with Crippen molar-refractivity contribution in [3.8, 4) is 0 Å². The van der Waals surface area contributed by atoms with Crippen LogP contribution in [0.5, 0.6) is 0 Å². The normalized spacial score (nSPS) is 20.1. The topological polar surface area (TPSA) is 20.2 Å². The van der Waals surface area contributed by atoms with Crippen molar-refractivity contribution in [3.05, 3.63) is 38.3 Å². The minimum atomic E-state index is -0.357. The van der Waals surface area contributed by atoms with Crippen molar-refractivity contribution < 1.29 is 5.11 Å². The van der Waals surface area contributed by atoms with Gasteiger partial charge in [0.2, 0.25) is 0 Å². The molecule has 0 saturated heterocycles. The summed E-state index contributed by atoms with van der Waals surface area (Å²) < 4.78 is 2.01. The summed E-state index contributed by atoms with van der Waals surface area (Å²) >= 11 is 6.85. The van der Waals surface area contributed by atoms with Crippen LogP contribution >= 0.6 is 31.9 Å². The molecule has 0 aliphatic heterocycles. The van der Waals surface area contributed by atoms with Crippen LogP contribution in [0.15, 0.2) is 27.2 Å². The summed E-state index contributed by atoms with van der Waals surface area (Å²) in [6, 6.07) is 3.98. The summed E-state index contributed by atoms with van der Waals surface area (Å²) in [7, 11) is 0. The van der Waals surface area contributed by atoms with Gasteiger partial charge in [0.05, 0.1) is 6.10 Å². The predicted octanol–water partition coefficient (Wildman–Crippen LogP) is 3.66. The van der Waals surface area contributed by atoms with Gasteiger partial charge in [-0.1, -0.05) is 12.2 Å². The highest BCUT2D eigenvalue weighted by Gasteiger charge is 2.15. The summed E-state index contributed by atoms with van der Waals surface area (Å²) in [4.78, 5) is 0. The first-order valence-corrected chi connectivity index (χ1v) is 5.60. The molecule has 0 radical (unpaired) electrons. The van der Waals surface area contributed by atoms with Crippen molar-refractivity contribution in [1.82, 2.24) is 0 Å². The van der Waals surface area contributed by atoms with E-state index in [1.54, 1.807) is 0 Å². The van der Waals surface area contributed by atoms with Crippen LogP contribution in [0.2, 0.25) is 0 Å². The lowest BCUT2D eigenvalue weighted by molar-refractivity contribution is 0.180. The number of benzene rings is 1. The van der Waals surface area contributed by atoms with Gasteiger partial charge in [-0.15, -0.1) is 0 Å². The van der Waals surface area contributed by atoms with Gasteiger partial charge in [-0.05, 0) is 61.5 Å². The first-order chi connectivity index (χ1) is 6.18. The monoisotopic (exact) mass is 302 g/mol. The largest absolute Gasteiger partial charge is 0.388 e. The van der Waals surface area contributed by atoms with Gasteiger partial charge >= 0.3 is 0 Å². The van der Waals surface area contributed by atoms with Crippen LogP contribution in [0.3, 0.4) is 0 Å². The van der Waals surface area contributed by atoms with Crippen LogP contribution in [-0.4, -0.2) is 5.11 Å². The highest BCUT2D eigenvalue weighted by molar-refractivity contribution is 9.13. The van der Waals surface area contributed by atoms with Gasteiger partial charge in [0, 0.05) is 8.95 Å². The summed E-state index contributed by atoms with van der Waals surface area (Å²) in [6.45, 7) is 0. The Balaban J connectivity index is 2.60. The maximum absolute atomic E-state index is 9.69. The zero-order valence-electron chi connectivity index (χ0n) is 6.80.